The van der Waals surface area contributed by atoms with Crippen molar-refractivity contribution in [3.8, 4) is 17.6 Å². The smallest absolute Gasteiger partial charge is 0.344 e. The standard InChI is InChI=1S/C20H17N3O6/c21-9-13-5-1-3-7-15(13)27-12-19(25)28-11-18(24)23-10-17(20(22)26)29-16-8-4-2-6-14(16)23/h1-8,17H,10-12H2,(H2,22,26). The molecule has 2 N–H and O–H groups in total. The van der Waals surface area contributed by atoms with Crippen molar-refractivity contribution in [3.63, 3.8) is 0 Å². The minimum Gasteiger partial charge on any atom is -0.481 e. The fraction of sp³-hybridized carbons (Fsp3) is 0.200. The van der Waals surface area contributed by atoms with Gasteiger partial charge in [0.25, 0.3) is 11.8 Å². The monoisotopic (exact) mass is 395 g/mol. The van der Waals surface area contributed by atoms with E-state index in [1.807, 2.05) is 6.07 Å². The summed E-state index contributed by atoms with van der Waals surface area (Å²) < 4.78 is 15.7. The van der Waals surface area contributed by atoms with E-state index in [0.29, 0.717) is 11.4 Å². The van der Waals surface area contributed by atoms with Gasteiger partial charge < -0.3 is 24.8 Å². The summed E-state index contributed by atoms with van der Waals surface area (Å²) in [7, 11) is 0. The van der Waals surface area contributed by atoms with Gasteiger partial charge >= 0.3 is 5.97 Å². The second-order valence-corrected chi connectivity index (χ2v) is 6.04. The molecule has 29 heavy (non-hydrogen) atoms. The highest BCUT2D eigenvalue weighted by molar-refractivity contribution is 5.98. The number of hydrogen-bond donors (Lipinski definition) is 1. The van der Waals surface area contributed by atoms with Crippen molar-refractivity contribution >= 4 is 23.5 Å². The Morgan fingerprint density at radius 1 is 1.14 bits per heavy atom. The van der Waals surface area contributed by atoms with Crippen LogP contribution in [0.4, 0.5) is 5.69 Å². The van der Waals surface area contributed by atoms with E-state index in [1.54, 1.807) is 48.5 Å². The third-order valence-electron chi connectivity index (χ3n) is 4.10. The molecule has 1 heterocycles. The molecule has 1 unspecified atom stereocenters. The summed E-state index contributed by atoms with van der Waals surface area (Å²) in [4.78, 5) is 37.3. The minimum absolute atomic E-state index is 0.0885. The molecule has 1 atom stereocenters. The van der Waals surface area contributed by atoms with E-state index in [9.17, 15) is 14.4 Å². The quantitative estimate of drug-likeness (QED) is 0.714. The van der Waals surface area contributed by atoms with Crippen LogP contribution in [0.5, 0.6) is 11.5 Å². The Morgan fingerprint density at radius 3 is 2.62 bits per heavy atom. The number of primary amides is 1. The van der Waals surface area contributed by atoms with Crippen molar-refractivity contribution in [2.24, 2.45) is 5.73 Å². The Bertz CT molecular complexity index is 984. The Balaban J connectivity index is 1.59. The molecule has 2 amide bonds. The minimum atomic E-state index is -1.00. The largest absolute Gasteiger partial charge is 0.481 e. The van der Waals surface area contributed by atoms with Gasteiger partial charge in [-0.3, -0.25) is 9.59 Å². The van der Waals surface area contributed by atoms with Gasteiger partial charge in [-0.15, -0.1) is 0 Å². The van der Waals surface area contributed by atoms with Crippen molar-refractivity contribution in [1.82, 2.24) is 0 Å². The maximum atomic E-state index is 12.6. The van der Waals surface area contributed by atoms with Crippen LogP contribution in [0, 0.1) is 11.3 Å². The number of carbonyl (C=O) groups excluding carboxylic acids is 3. The van der Waals surface area contributed by atoms with Crippen molar-refractivity contribution in [3.05, 3.63) is 54.1 Å². The zero-order chi connectivity index (χ0) is 20.8. The fourth-order valence-electron chi connectivity index (χ4n) is 2.70. The lowest BCUT2D eigenvalue weighted by Crippen LogP contribution is -2.50. The molecule has 2 aromatic rings. The summed E-state index contributed by atoms with van der Waals surface area (Å²) in [5.41, 5.74) is 6.03. The van der Waals surface area contributed by atoms with Gasteiger partial charge in [0, 0.05) is 0 Å². The molecule has 1 aliphatic heterocycles. The number of nitrogens with two attached hydrogens (primary N) is 1. The SMILES string of the molecule is N#Cc1ccccc1OCC(=O)OCC(=O)N1CC(C(N)=O)Oc2ccccc21. The molecule has 9 heteroatoms. The summed E-state index contributed by atoms with van der Waals surface area (Å²) in [5, 5.41) is 9.01. The van der Waals surface area contributed by atoms with E-state index in [-0.39, 0.29) is 17.9 Å². The Morgan fingerprint density at radius 2 is 1.86 bits per heavy atom. The predicted octanol–water partition coefficient (Wildman–Crippen LogP) is 0.760. The average Bonchev–Trinajstić information content (AvgIpc) is 2.75. The van der Waals surface area contributed by atoms with Crippen LogP contribution in [0.2, 0.25) is 0 Å². The Kier molecular flexibility index (Phi) is 5.94. The third kappa shape index (κ3) is 4.62. The first kappa shape index (κ1) is 19.7. The zero-order valence-electron chi connectivity index (χ0n) is 15.2. The maximum Gasteiger partial charge on any atom is 0.344 e. The van der Waals surface area contributed by atoms with Gasteiger partial charge in [0.2, 0.25) is 0 Å². The number of ether oxygens (including phenoxy) is 3. The summed E-state index contributed by atoms with van der Waals surface area (Å²) in [6.45, 7) is -1.10. The molecule has 0 bridgehead atoms. The first-order chi connectivity index (χ1) is 14.0. The molecule has 0 aromatic heterocycles. The van der Waals surface area contributed by atoms with Crippen molar-refractivity contribution in [1.29, 1.82) is 5.26 Å². The molecule has 0 aliphatic carbocycles. The zero-order valence-corrected chi connectivity index (χ0v) is 15.2. The first-order valence-electron chi connectivity index (χ1n) is 8.62. The van der Waals surface area contributed by atoms with Crippen LogP contribution < -0.4 is 20.1 Å². The van der Waals surface area contributed by atoms with E-state index >= 15 is 0 Å². The van der Waals surface area contributed by atoms with Crippen LogP contribution in [0.1, 0.15) is 5.56 Å². The molecular formula is C20H17N3O6. The molecule has 148 valence electrons. The number of amides is 2. The summed E-state index contributed by atoms with van der Waals surface area (Å²) in [6, 6.07) is 15.0. The van der Waals surface area contributed by atoms with Crippen LogP contribution in [0.25, 0.3) is 0 Å². The van der Waals surface area contributed by atoms with E-state index < -0.39 is 37.1 Å². The summed E-state index contributed by atoms with van der Waals surface area (Å²) >= 11 is 0. The van der Waals surface area contributed by atoms with Gasteiger partial charge in [0.05, 0.1) is 17.8 Å². The van der Waals surface area contributed by atoms with Gasteiger partial charge in [-0.25, -0.2) is 4.79 Å². The van der Waals surface area contributed by atoms with E-state index in [2.05, 4.69) is 0 Å². The van der Waals surface area contributed by atoms with Gasteiger partial charge in [-0.05, 0) is 24.3 Å². The highest BCUT2D eigenvalue weighted by Crippen LogP contribution is 2.33. The number of anilines is 1. The van der Waals surface area contributed by atoms with Crippen LogP contribution >= 0.6 is 0 Å². The molecule has 0 saturated heterocycles. The first-order valence-corrected chi connectivity index (χ1v) is 8.62. The van der Waals surface area contributed by atoms with Crippen LogP contribution in [-0.2, 0) is 19.1 Å². The van der Waals surface area contributed by atoms with Crippen LogP contribution in [-0.4, -0.2) is 43.6 Å². The highest BCUT2D eigenvalue weighted by Gasteiger charge is 2.32. The topological polar surface area (TPSA) is 132 Å². The number of esters is 1. The van der Waals surface area contributed by atoms with Crippen molar-refractivity contribution in [2.45, 2.75) is 6.10 Å². The molecule has 3 rings (SSSR count). The Labute approximate surface area is 166 Å². The molecule has 9 nitrogen and oxygen atoms in total. The average molecular weight is 395 g/mol. The molecular weight excluding hydrogens is 378 g/mol. The number of fused-ring (bicyclic) bond motifs is 1. The number of benzene rings is 2. The molecule has 1 aliphatic rings. The number of nitrogens with zero attached hydrogens (tertiary/aromatic N) is 2. The fourth-order valence-corrected chi connectivity index (χ4v) is 2.70. The molecule has 0 radical (unpaired) electrons. The predicted molar refractivity (Wildman–Crippen MR) is 100 cm³/mol. The third-order valence-corrected chi connectivity index (χ3v) is 4.10. The van der Waals surface area contributed by atoms with Gasteiger partial charge in [0.15, 0.2) is 19.3 Å². The van der Waals surface area contributed by atoms with Crippen LogP contribution in [0.15, 0.2) is 48.5 Å². The molecule has 0 saturated carbocycles. The lowest BCUT2D eigenvalue weighted by Gasteiger charge is -2.33. The molecule has 0 spiro atoms. The van der Waals surface area contributed by atoms with Gasteiger partial charge in [-0.2, -0.15) is 5.26 Å². The second kappa shape index (κ2) is 8.75. The van der Waals surface area contributed by atoms with Crippen molar-refractivity contribution in [2.75, 3.05) is 24.7 Å². The summed E-state index contributed by atoms with van der Waals surface area (Å²) in [6.07, 6.45) is -1.00. The number of carbonyl (C=O) groups is 3. The van der Waals surface area contributed by atoms with Gasteiger partial charge in [-0.1, -0.05) is 24.3 Å². The van der Waals surface area contributed by atoms with E-state index in [1.165, 1.54) is 4.90 Å². The number of hydrogen-bond acceptors (Lipinski definition) is 7. The lowest BCUT2D eigenvalue weighted by atomic mass is 10.2. The lowest BCUT2D eigenvalue weighted by molar-refractivity contribution is -0.150. The molecule has 2 aromatic carbocycles. The van der Waals surface area contributed by atoms with E-state index in [0.717, 1.165) is 0 Å². The molecule has 0 fully saturated rings. The number of nitriles is 1. The van der Waals surface area contributed by atoms with Crippen LogP contribution in [0.3, 0.4) is 0 Å². The number of para-hydroxylation sites is 3. The second-order valence-electron chi connectivity index (χ2n) is 6.04. The van der Waals surface area contributed by atoms with E-state index in [4.69, 9.17) is 25.2 Å². The number of rotatable bonds is 6. The van der Waals surface area contributed by atoms with Gasteiger partial charge in [0.1, 0.15) is 17.6 Å². The Hall–Kier alpha value is -4.06. The van der Waals surface area contributed by atoms with Crippen molar-refractivity contribution < 1.29 is 28.6 Å². The maximum absolute atomic E-state index is 12.6. The summed E-state index contributed by atoms with van der Waals surface area (Å²) in [5.74, 6) is -1.46. The highest BCUT2D eigenvalue weighted by atomic mass is 16.6. The normalized spacial score (nSPS) is 14.7.